The molecule has 3 heterocycles. The van der Waals surface area contributed by atoms with Crippen molar-refractivity contribution in [2.45, 2.75) is 43.7 Å². The molecule has 0 radical (unpaired) electrons. The smallest absolute Gasteiger partial charge is 0.0600 e. The van der Waals surface area contributed by atoms with Crippen molar-refractivity contribution in [1.82, 2.24) is 14.7 Å². The second-order valence-corrected chi connectivity index (χ2v) is 9.76. The molecule has 0 aliphatic carbocycles. The predicted octanol–water partition coefficient (Wildman–Crippen LogP) is 2.25. The monoisotopic (exact) mass is 425 g/mol. The van der Waals surface area contributed by atoms with Crippen molar-refractivity contribution in [1.29, 1.82) is 0 Å². The summed E-state index contributed by atoms with van der Waals surface area (Å²) in [6, 6.07) is 9.54. The summed E-state index contributed by atoms with van der Waals surface area (Å²) in [6.45, 7) is 7.50. The van der Waals surface area contributed by atoms with E-state index >= 15 is 0 Å². The molecule has 1 N–H and O–H groups in total. The molecule has 1 aromatic carbocycles. The summed E-state index contributed by atoms with van der Waals surface area (Å²) in [6.07, 6.45) is 4.88. The van der Waals surface area contributed by atoms with Crippen molar-refractivity contribution in [2.75, 3.05) is 66.6 Å². The van der Waals surface area contributed by atoms with Crippen LogP contribution in [0, 0.1) is 17.8 Å². The van der Waals surface area contributed by atoms with Gasteiger partial charge in [-0.2, -0.15) is 0 Å². The minimum Gasteiger partial charge on any atom is -0.395 e. The van der Waals surface area contributed by atoms with E-state index in [9.17, 15) is 5.11 Å². The molecular weight excluding hydrogens is 386 g/mol. The highest BCUT2D eigenvalue weighted by atomic mass is 16.5. The van der Waals surface area contributed by atoms with Gasteiger partial charge in [0.05, 0.1) is 13.2 Å². The van der Waals surface area contributed by atoms with E-state index in [0.717, 1.165) is 44.3 Å². The van der Waals surface area contributed by atoms with Crippen molar-refractivity contribution in [3.8, 4) is 11.8 Å². The number of hydrogen-bond donors (Lipinski definition) is 1. The first kappa shape index (κ1) is 22.8. The third kappa shape index (κ3) is 5.69. The molecule has 3 aliphatic heterocycles. The van der Waals surface area contributed by atoms with Crippen LogP contribution in [-0.2, 0) is 4.74 Å². The highest BCUT2D eigenvalue weighted by molar-refractivity contribution is 5.39. The fourth-order valence-corrected chi connectivity index (χ4v) is 5.56. The molecule has 3 saturated heterocycles. The fraction of sp³-hybridized carbons (Fsp3) is 0.692. The van der Waals surface area contributed by atoms with Gasteiger partial charge >= 0.3 is 0 Å². The highest BCUT2D eigenvalue weighted by Crippen LogP contribution is 2.42. The molecule has 0 amide bonds. The van der Waals surface area contributed by atoms with Gasteiger partial charge in [0, 0.05) is 49.9 Å². The Morgan fingerprint density at radius 3 is 2.55 bits per heavy atom. The number of ether oxygens (including phenoxy) is 1. The number of rotatable bonds is 5. The molecule has 1 aromatic rings. The maximum absolute atomic E-state index is 10.2. The molecule has 0 bridgehead atoms. The van der Waals surface area contributed by atoms with Gasteiger partial charge in [0.1, 0.15) is 0 Å². The number of aliphatic hydroxyl groups is 1. The second kappa shape index (κ2) is 10.9. The van der Waals surface area contributed by atoms with Gasteiger partial charge < -0.3 is 14.7 Å². The lowest BCUT2D eigenvalue weighted by Crippen LogP contribution is -2.67. The van der Waals surface area contributed by atoms with Crippen LogP contribution in [0.2, 0.25) is 0 Å². The summed E-state index contributed by atoms with van der Waals surface area (Å²) in [5.74, 6) is 7.65. The first-order chi connectivity index (χ1) is 15.2. The van der Waals surface area contributed by atoms with Gasteiger partial charge in [-0.25, -0.2) is 0 Å². The standard InChI is InChI=1S/C26H39N3O2/c1-27(2)13-5-6-21-7-9-23(10-8-21)26-24-19-28(18-22-11-16-31-17-12-22)14-3-4-15-29(24)25(26)20-30/h7-10,22,24-26,30H,3-4,11-20H2,1-2H3/t24-,25-,26-/m0/s1. The van der Waals surface area contributed by atoms with Crippen LogP contribution in [0.1, 0.15) is 42.7 Å². The van der Waals surface area contributed by atoms with Crippen LogP contribution in [-0.4, -0.2) is 98.5 Å². The third-order valence-corrected chi connectivity index (χ3v) is 7.23. The third-order valence-electron chi connectivity index (χ3n) is 7.23. The molecule has 0 unspecified atom stereocenters. The summed E-state index contributed by atoms with van der Waals surface area (Å²) in [7, 11) is 4.07. The van der Waals surface area contributed by atoms with E-state index in [1.165, 1.54) is 44.3 Å². The zero-order valence-electron chi connectivity index (χ0n) is 19.3. The molecule has 0 aromatic heterocycles. The van der Waals surface area contributed by atoms with Gasteiger partial charge in [-0.05, 0) is 76.5 Å². The molecular formula is C26H39N3O2. The lowest BCUT2D eigenvalue weighted by atomic mass is 9.74. The van der Waals surface area contributed by atoms with E-state index in [4.69, 9.17) is 4.74 Å². The maximum atomic E-state index is 10.2. The van der Waals surface area contributed by atoms with Crippen LogP contribution < -0.4 is 0 Å². The van der Waals surface area contributed by atoms with Gasteiger partial charge in [0.15, 0.2) is 0 Å². The molecule has 0 saturated carbocycles. The normalized spacial score (nSPS) is 28.2. The van der Waals surface area contributed by atoms with Gasteiger partial charge in [0.2, 0.25) is 0 Å². The van der Waals surface area contributed by atoms with Gasteiger partial charge in [-0.15, -0.1) is 0 Å². The largest absolute Gasteiger partial charge is 0.395 e. The Hall–Kier alpha value is -1.42. The van der Waals surface area contributed by atoms with Crippen molar-refractivity contribution in [3.63, 3.8) is 0 Å². The lowest BCUT2D eigenvalue weighted by molar-refractivity contribution is -0.0677. The van der Waals surface area contributed by atoms with Gasteiger partial charge in [-0.1, -0.05) is 24.0 Å². The van der Waals surface area contributed by atoms with Crippen molar-refractivity contribution >= 4 is 0 Å². The van der Waals surface area contributed by atoms with Crippen molar-refractivity contribution < 1.29 is 9.84 Å². The zero-order valence-corrected chi connectivity index (χ0v) is 19.3. The number of aliphatic hydroxyl groups excluding tert-OH is 1. The molecule has 5 nitrogen and oxygen atoms in total. The summed E-state index contributed by atoms with van der Waals surface area (Å²) < 4.78 is 5.57. The first-order valence-corrected chi connectivity index (χ1v) is 12.1. The Kier molecular flexibility index (Phi) is 8.03. The summed E-state index contributed by atoms with van der Waals surface area (Å²) in [5.41, 5.74) is 2.42. The zero-order chi connectivity index (χ0) is 21.6. The van der Waals surface area contributed by atoms with Crippen LogP contribution in [0.25, 0.3) is 0 Å². The van der Waals surface area contributed by atoms with Crippen molar-refractivity contribution in [3.05, 3.63) is 35.4 Å². The average Bonchev–Trinajstić information content (AvgIpc) is 2.76. The van der Waals surface area contributed by atoms with Crippen LogP contribution in [0.4, 0.5) is 0 Å². The van der Waals surface area contributed by atoms with Gasteiger partial charge in [-0.3, -0.25) is 9.80 Å². The molecule has 170 valence electrons. The molecule has 0 spiro atoms. The van der Waals surface area contributed by atoms with Crippen LogP contribution in [0.3, 0.4) is 0 Å². The SMILES string of the molecule is CN(C)CC#Cc1ccc([C@@H]2[C@H](CO)N3CCCCN(CC4CCOCC4)C[C@@H]23)cc1. The Morgan fingerprint density at radius 1 is 1.10 bits per heavy atom. The van der Waals surface area contributed by atoms with Crippen LogP contribution >= 0.6 is 0 Å². The molecule has 3 atom stereocenters. The number of nitrogens with zero attached hydrogens (tertiary/aromatic N) is 3. The first-order valence-electron chi connectivity index (χ1n) is 12.1. The van der Waals surface area contributed by atoms with E-state index in [1.54, 1.807) is 0 Å². The Balaban J connectivity index is 1.45. The summed E-state index contributed by atoms with van der Waals surface area (Å²) in [4.78, 5) is 7.36. The van der Waals surface area contributed by atoms with Gasteiger partial charge in [0.25, 0.3) is 0 Å². The van der Waals surface area contributed by atoms with E-state index in [1.807, 2.05) is 14.1 Å². The number of fused-ring (bicyclic) bond motifs is 1. The topological polar surface area (TPSA) is 39.2 Å². The van der Waals surface area contributed by atoms with Crippen LogP contribution in [0.15, 0.2) is 24.3 Å². The van der Waals surface area contributed by atoms with Crippen molar-refractivity contribution in [2.24, 2.45) is 5.92 Å². The Morgan fingerprint density at radius 2 is 1.84 bits per heavy atom. The Bertz CT molecular complexity index is 748. The summed E-state index contributed by atoms with van der Waals surface area (Å²) >= 11 is 0. The molecule has 3 aliphatic rings. The molecule has 4 rings (SSSR count). The predicted molar refractivity (Wildman–Crippen MR) is 125 cm³/mol. The summed E-state index contributed by atoms with van der Waals surface area (Å²) in [5, 5.41) is 10.2. The van der Waals surface area contributed by atoms with Crippen LogP contribution in [0.5, 0.6) is 0 Å². The van der Waals surface area contributed by atoms with E-state index in [2.05, 4.69) is 50.8 Å². The molecule has 5 heteroatoms. The lowest BCUT2D eigenvalue weighted by Gasteiger charge is -2.57. The average molecular weight is 426 g/mol. The molecule has 31 heavy (non-hydrogen) atoms. The van der Waals surface area contributed by atoms with E-state index < -0.39 is 0 Å². The number of benzene rings is 1. The maximum Gasteiger partial charge on any atom is 0.0600 e. The second-order valence-electron chi connectivity index (χ2n) is 9.76. The number of hydrogen-bond acceptors (Lipinski definition) is 5. The van der Waals surface area contributed by atoms with E-state index in [-0.39, 0.29) is 12.6 Å². The fourth-order valence-electron chi connectivity index (χ4n) is 5.56. The quantitative estimate of drug-likeness (QED) is 0.733. The highest BCUT2D eigenvalue weighted by Gasteiger charge is 2.49. The Labute approximate surface area is 188 Å². The minimum absolute atomic E-state index is 0.242. The molecule has 3 fully saturated rings. The minimum atomic E-state index is 0.242. The van der Waals surface area contributed by atoms with E-state index in [0.29, 0.717) is 12.0 Å².